The van der Waals surface area contributed by atoms with Gasteiger partial charge in [0.2, 0.25) is 0 Å². The van der Waals surface area contributed by atoms with Gasteiger partial charge < -0.3 is 5.11 Å². The summed E-state index contributed by atoms with van der Waals surface area (Å²) in [5.41, 5.74) is 4.25. The summed E-state index contributed by atoms with van der Waals surface area (Å²) < 4.78 is 0. The Hall–Kier alpha value is -1.19. The normalized spacial score (nSPS) is 18.7. The van der Waals surface area contributed by atoms with Gasteiger partial charge in [0.1, 0.15) is 0 Å². The fourth-order valence-electron chi connectivity index (χ4n) is 3.50. The molecule has 0 aromatic heterocycles. The molecular formula is C18H27NO2. The molecule has 1 N–H and O–H groups in total. The van der Waals surface area contributed by atoms with E-state index in [1.54, 1.807) is 0 Å². The van der Waals surface area contributed by atoms with Gasteiger partial charge in [-0.25, -0.2) is 0 Å². The van der Waals surface area contributed by atoms with E-state index < -0.39 is 0 Å². The second-order valence-corrected chi connectivity index (χ2v) is 6.55. The van der Waals surface area contributed by atoms with Gasteiger partial charge in [-0.15, -0.1) is 0 Å². The van der Waals surface area contributed by atoms with E-state index >= 15 is 0 Å². The van der Waals surface area contributed by atoms with Crippen LogP contribution in [0.15, 0.2) is 12.1 Å². The van der Waals surface area contributed by atoms with E-state index in [9.17, 15) is 9.90 Å². The summed E-state index contributed by atoms with van der Waals surface area (Å²) in [5, 5.41) is 9.64. The SMILES string of the molecule is Cc1cc(C)c(C(=O)CN2CCC(C(C)O)CC2)c(C)c1. The van der Waals surface area contributed by atoms with Crippen LogP contribution in [0.25, 0.3) is 0 Å². The lowest BCUT2D eigenvalue weighted by atomic mass is 9.91. The van der Waals surface area contributed by atoms with E-state index in [1.807, 2.05) is 20.8 Å². The number of carbonyl (C=O) groups excluding carboxylic acids is 1. The summed E-state index contributed by atoms with van der Waals surface area (Å²) in [6.45, 7) is 10.3. The first-order chi connectivity index (χ1) is 9.88. The lowest BCUT2D eigenvalue weighted by Crippen LogP contribution is -2.40. The van der Waals surface area contributed by atoms with Crippen molar-refractivity contribution in [3.05, 3.63) is 34.4 Å². The smallest absolute Gasteiger partial charge is 0.177 e. The van der Waals surface area contributed by atoms with Crippen molar-refractivity contribution in [1.29, 1.82) is 0 Å². The Bertz CT molecular complexity index is 491. The molecule has 0 amide bonds. The maximum absolute atomic E-state index is 12.6. The molecule has 1 aromatic carbocycles. The van der Waals surface area contributed by atoms with Crippen LogP contribution in [0.1, 0.15) is 46.8 Å². The summed E-state index contributed by atoms with van der Waals surface area (Å²) in [6, 6.07) is 4.17. The number of Topliss-reactive ketones (excluding diaryl/α,β-unsaturated/α-hetero) is 1. The minimum absolute atomic E-state index is 0.223. The van der Waals surface area contributed by atoms with Gasteiger partial charge in [-0.2, -0.15) is 0 Å². The molecule has 0 spiro atoms. The molecule has 0 saturated carbocycles. The van der Waals surface area contributed by atoms with Crippen molar-refractivity contribution in [2.45, 2.75) is 46.6 Å². The molecule has 0 radical (unpaired) electrons. The Labute approximate surface area is 128 Å². The Morgan fingerprint density at radius 3 is 2.24 bits per heavy atom. The number of nitrogens with zero attached hydrogens (tertiary/aromatic N) is 1. The van der Waals surface area contributed by atoms with Gasteiger partial charge in [0, 0.05) is 5.56 Å². The van der Waals surface area contributed by atoms with Crippen molar-refractivity contribution in [3.63, 3.8) is 0 Å². The van der Waals surface area contributed by atoms with Crippen molar-refractivity contribution in [1.82, 2.24) is 4.90 Å². The molecule has 21 heavy (non-hydrogen) atoms. The molecule has 1 aromatic rings. The molecule has 1 aliphatic heterocycles. The predicted molar refractivity (Wildman–Crippen MR) is 85.8 cm³/mol. The predicted octanol–water partition coefficient (Wildman–Crippen LogP) is 2.89. The van der Waals surface area contributed by atoms with Gasteiger partial charge >= 0.3 is 0 Å². The van der Waals surface area contributed by atoms with E-state index in [2.05, 4.69) is 24.0 Å². The number of aliphatic hydroxyl groups excluding tert-OH is 1. The average Bonchev–Trinajstić information content (AvgIpc) is 2.37. The van der Waals surface area contributed by atoms with E-state index in [0.29, 0.717) is 12.5 Å². The molecule has 1 unspecified atom stereocenters. The fourth-order valence-corrected chi connectivity index (χ4v) is 3.50. The van der Waals surface area contributed by atoms with E-state index in [4.69, 9.17) is 0 Å². The third-order valence-corrected chi connectivity index (χ3v) is 4.64. The maximum Gasteiger partial charge on any atom is 0.177 e. The molecule has 3 heteroatoms. The number of piperidine rings is 1. The monoisotopic (exact) mass is 289 g/mol. The summed E-state index contributed by atoms with van der Waals surface area (Å²) in [4.78, 5) is 14.8. The zero-order chi connectivity index (χ0) is 15.6. The zero-order valence-corrected chi connectivity index (χ0v) is 13.6. The van der Waals surface area contributed by atoms with Crippen molar-refractivity contribution >= 4 is 5.78 Å². The standard InChI is InChI=1S/C18H27NO2/c1-12-9-13(2)18(14(3)10-12)17(21)11-19-7-5-16(6-8-19)15(4)20/h9-10,15-16,20H,5-8,11H2,1-4H3. The quantitative estimate of drug-likeness (QED) is 0.867. The minimum atomic E-state index is -0.232. The second-order valence-electron chi connectivity index (χ2n) is 6.55. The van der Waals surface area contributed by atoms with E-state index in [-0.39, 0.29) is 11.9 Å². The lowest BCUT2D eigenvalue weighted by molar-refractivity contribution is 0.0664. The van der Waals surface area contributed by atoms with Crippen molar-refractivity contribution in [2.75, 3.05) is 19.6 Å². The van der Waals surface area contributed by atoms with Crippen LogP contribution in [0, 0.1) is 26.7 Å². The number of hydrogen-bond donors (Lipinski definition) is 1. The molecule has 1 saturated heterocycles. The Morgan fingerprint density at radius 2 is 1.76 bits per heavy atom. The van der Waals surface area contributed by atoms with E-state index in [0.717, 1.165) is 42.6 Å². The van der Waals surface area contributed by atoms with Crippen LogP contribution in [0.3, 0.4) is 0 Å². The van der Waals surface area contributed by atoms with Crippen molar-refractivity contribution in [2.24, 2.45) is 5.92 Å². The average molecular weight is 289 g/mol. The van der Waals surface area contributed by atoms with Crippen molar-refractivity contribution in [3.8, 4) is 0 Å². The highest BCUT2D eigenvalue weighted by molar-refractivity contribution is 6.00. The van der Waals surface area contributed by atoms with Crippen LogP contribution in [-0.2, 0) is 0 Å². The van der Waals surface area contributed by atoms with Gasteiger partial charge in [-0.1, -0.05) is 17.7 Å². The third-order valence-electron chi connectivity index (χ3n) is 4.64. The molecule has 3 nitrogen and oxygen atoms in total. The van der Waals surface area contributed by atoms with Crippen LogP contribution in [0.2, 0.25) is 0 Å². The van der Waals surface area contributed by atoms with Gasteiger partial charge in [0.25, 0.3) is 0 Å². The van der Waals surface area contributed by atoms with Crippen LogP contribution in [0.4, 0.5) is 0 Å². The first kappa shape index (κ1) is 16.2. The zero-order valence-electron chi connectivity index (χ0n) is 13.6. The first-order valence-corrected chi connectivity index (χ1v) is 7.90. The number of rotatable bonds is 4. The summed E-state index contributed by atoms with van der Waals surface area (Å²) in [7, 11) is 0. The molecule has 2 rings (SSSR count). The van der Waals surface area contributed by atoms with Crippen LogP contribution >= 0.6 is 0 Å². The van der Waals surface area contributed by atoms with Crippen LogP contribution in [-0.4, -0.2) is 41.5 Å². The first-order valence-electron chi connectivity index (χ1n) is 7.90. The summed E-state index contributed by atoms with van der Waals surface area (Å²) in [5.74, 6) is 0.611. The number of ketones is 1. The largest absolute Gasteiger partial charge is 0.393 e. The van der Waals surface area contributed by atoms with Crippen LogP contribution in [0.5, 0.6) is 0 Å². The molecular weight excluding hydrogens is 262 g/mol. The molecule has 1 fully saturated rings. The van der Waals surface area contributed by atoms with Crippen LogP contribution < -0.4 is 0 Å². The van der Waals surface area contributed by atoms with Gasteiger partial charge in [0.05, 0.1) is 12.6 Å². The molecule has 0 aliphatic carbocycles. The maximum atomic E-state index is 12.6. The number of aryl methyl sites for hydroxylation is 3. The van der Waals surface area contributed by atoms with Crippen molar-refractivity contribution < 1.29 is 9.90 Å². The number of aliphatic hydroxyl groups is 1. The van der Waals surface area contributed by atoms with E-state index in [1.165, 1.54) is 5.56 Å². The minimum Gasteiger partial charge on any atom is -0.393 e. The Morgan fingerprint density at radius 1 is 1.24 bits per heavy atom. The number of likely N-dealkylation sites (tertiary alicyclic amines) is 1. The highest BCUT2D eigenvalue weighted by atomic mass is 16.3. The highest BCUT2D eigenvalue weighted by Gasteiger charge is 2.24. The number of hydrogen-bond acceptors (Lipinski definition) is 3. The number of benzene rings is 1. The summed E-state index contributed by atoms with van der Waals surface area (Å²) >= 11 is 0. The molecule has 1 atom stereocenters. The van der Waals surface area contributed by atoms with Gasteiger partial charge in [-0.05, 0) is 70.7 Å². The third kappa shape index (κ3) is 3.92. The lowest BCUT2D eigenvalue weighted by Gasteiger charge is -2.32. The number of carbonyl (C=O) groups is 1. The fraction of sp³-hybridized carbons (Fsp3) is 0.611. The Kier molecular flexibility index (Phi) is 5.17. The molecule has 1 heterocycles. The molecule has 0 bridgehead atoms. The highest BCUT2D eigenvalue weighted by Crippen LogP contribution is 2.22. The summed E-state index contributed by atoms with van der Waals surface area (Å²) in [6.07, 6.45) is 1.73. The van der Waals surface area contributed by atoms with Gasteiger partial charge in [0.15, 0.2) is 5.78 Å². The molecule has 1 aliphatic rings. The second kappa shape index (κ2) is 6.71. The molecule has 116 valence electrons. The van der Waals surface area contributed by atoms with Gasteiger partial charge in [-0.3, -0.25) is 9.69 Å². The topological polar surface area (TPSA) is 40.5 Å². The Balaban J connectivity index is 2.00.